The molecule has 2 amide bonds. The number of ether oxygens (including phenoxy) is 1. The molecule has 0 atom stereocenters. The number of benzene rings is 2. The van der Waals surface area contributed by atoms with E-state index in [1.807, 2.05) is 20.8 Å². The van der Waals surface area contributed by atoms with Gasteiger partial charge in [-0.05, 0) is 74.5 Å². The van der Waals surface area contributed by atoms with Crippen LogP contribution in [-0.2, 0) is 9.59 Å². The second-order valence-electron chi connectivity index (χ2n) is 6.75. The first-order valence-electron chi connectivity index (χ1n) is 8.81. The van der Waals surface area contributed by atoms with E-state index in [-0.39, 0.29) is 16.8 Å². The minimum Gasteiger partial charge on any atom is -0.489 e. The van der Waals surface area contributed by atoms with Crippen molar-refractivity contribution in [1.82, 2.24) is 5.32 Å². The maximum Gasteiger partial charge on any atom is 0.270 e. The van der Waals surface area contributed by atoms with Crippen LogP contribution < -0.4 is 15.0 Å². The first-order valence-corrected chi connectivity index (χ1v) is 9.97. The lowest BCUT2D eigenvalue weighted by atomic mass is 10.1. The lowest BCUT2D eigenvalue weighted by molar-refractivity contribution is -0.122. The smallest absolute Gasteiger partial charge is 0.270 e. The molecule has 1 saturated heterocycles. The summed E-state index contributed by atoms with van der Waals surface area (Å²) in [4.78, 5) is 26.7. The second kappa shape index (κ2) is 8.53. The van der Waals surface area contributed by atoms with Crippen LogP contribution in [0, 0.1) is 6.92 Å². The Labute approximate surface area is 184 Å². The van der Waals surface area contributed by atoms with Gasteiger partial charge in [-0.1, -0.05) is 35.3 Å². The number of anilines is 1. The highest BCUT2D eigenvalue weighted by Crippen LogP contribution is 2.29. The first-order chi connectivity index (χ1) is 13.7. The molecular formula is C21H18Cl2N2O3S. The zero-order valence-corrected chi connectivity index (χ0v) is 18.3. The van der Waals surface area contributed by atoms with Crippen LogP contribution in [-0.4, -0.2) is 23.0 Å². The Bertz CT molecular complexity index is 1050. The maximum absolute atomic E-state index is 13.1. The highest BCUT2D eigenvalue weighted by molar-refractivity contribution is 7.80. The predicted molar refractivity (Wildman–Crippen MR) is 120 cm³/mol. The zero-order valence-electron chi connectivity index (χ0n) is 16.0. The van der Waals surface area contributed by atoms with E-state index in [1.165, 1.54) is 11.0 Å². The minimum absolute atomic E-state index is 0.00390. The molecule has 3 rings (SSSR count). The fourth-order valence-corrected chi connectivity index (χ4v) is 3.43. The lowest BCUT2D eigenvalue weighted by Crippen LogP contribution is -2.54. The Kier molecular flexibility index (Phi) is 6.27. The van der Waals surface area contributed by atoms with Crippen LogP contribution in [0.5, 0.6) is 5.75 Å². The Morgan fingerprint density at radius 2 is 1.83 bits per heavy atom. The molecule has 0 aromatic heterocycles. The van der Waals surface area contributed by atoms with E-state index in [4.69, 9.17) is 40.2 Å². The van der Waals surface area contributed by atoms with Gasteiger partial charge in [-0.3, -0.25) is 19.8 Å². The largest absolute Gasteiger partial charge is 0.489 e. The highest BCUT2D eigenvalue weighted by atomic mass is 35.5. The first kappa shape index (κ1) is 21.3. The number of halogens is 2. The van der Waals surface area contributed by atoms with Crippen molar-refractivity contribution in [2.75, 3.05) is 4.90 Å². The van der Waals surface area contributed by atoms with Crippen molar-refractivity contribution in [2.24, 2.45) is 0 Å². The number of thiocarbonyl (C=S) groups is 1. The number of amides is 2. The van der Waals surface area contributed by atoms with Gasteiger partial charge in [0.05, 0.1) is 16.8 Å². The molecule has 2 aromatic carbocycles. The Hall–Kier alpha value is -2.41. The minimum atomic E-state index is -0.576. The number of carbonyl (C=O) groups excluding carboxylic acids is 2. The molecule has 0 unspecified atom stereocenters. The molecule has 0 radical (unpaired) electrons. The molecular weight excluding hydrogens is 431 g/mol. The van der Waals surface area contributed by atoms with Crippen molar-refractivity contribution < 1.29 is 14.3 Å². The highest BCUT2D eigenvalue weighted by Gasteiger charge is 2.34. The van der Waals surface area contributed by atoms with Crippen LogP contribution in [0.2, 0.25) is 10.0 Å². The van der Waals surface area contributed by atoms with Gasteiger partial charge in [-0.2, -0.15) is 0 Å². The third kappa shape index (κ3) is 4.61. The van der Waals surface area contributed by atoms with Gasteiger partial charge < -0.3 is 4.74 Å². The van der Waals surface area contributed by atoms with Crippen LogP contribution in [0.3, 0.4) is 0 Å². The molecule has 1 aliphatic rings. The number of aryl methyl sites for hydroxylation is 1. The number of rotatable bonds is 4. The Morgan fingerprint density at radius 1 is 1.10 bits per heavy atom. The van der Waals surface area contributed by atoms with Crippen molar-refractivity contribution in [3.05, 3.63) is 63.1 Å². The average molecular weight is 449 g/mol. The van der Waals surface area contributed by atoms with Crippen molar-refractivity contribution in [3.63, 3.8) is 0 Å². The SMILES string of the molecule is Cc1ccc(N2C(=O)/C(=C/c3ccc(OC(C)C)c(Cl)c3)C(=O)NC2=S)cc1Cl. The number of hydrogen-bond acceptors (Lipinski definition) is 4. The van der Waals surface area contributed by atoms with Crippen LogP contribution in [0.1, 0.15) is 25.0 Å². The van der Waals surface area contributed by atoms with E-state index in [1.54, 1.807) is 36.4 Å². The molecule has 1 aliphatic heterocycles. The number of nitrogens with zero attached hydrogens (tertiary/aromatic N) is 1. The van der Waals surface area contributed by atoms with Gasteiger partial charge >= 0.3 is 0 Å². The summed E-state index contributed by atoms with van der Waals surface area (Å²) in [5.74, 6) is -0.592. The topological polar surface area (TPSA) is 58.6 Å². The number of nitrogens with one attached hydrogen (secondary N) is 1. The van der Waals surface area contributed by atoms with E-state index >= 15 is 0 Å². The summed E-state index contributed by atoms with van der Waals surface area (Å²) in [6, 6.07) is 10.2. The molecule has 8 heteroatoms. The van der Waals surface area contributed by atoms with E-state index < -0.39 is 11.8 Å². The second-order valence-corrected chi connectivity index (χ2v) is 7.95. The van der Waals surface area contributed by atoms with Crippen molar-refractivity contribution in [1.29, 1.82) is 0 Å². The van der Waals surface area contributed by atoms with Gasteiger partial charge in [0.25, 0.3) is 11.8 Å². The predicted octanol–water partition coefficient (Wildman–Crippen LogP) is 4.92. The molecule has 2 aromatic rings. The van der Waals surface area contributed by atoms with Gasteiger partial charge in [0.15, 0.2) is 5.11 Å². The van der Waals surface area contributed by atoms with Crippen LogP contribution in [0.25, 0.3) is 6.08 Å². The standard InChI is InChI=1S/C21H18Cl2N2O3S/c1-11(2)28-18-7-5-13(9-17(18)23)8-15-19(26)24-21(29)25(20(15)27)14-6-4-12(3)16(22)10-14/h4-11H,1-3H3,(H,24,26,29)/b15-8+. The maximum atomic E-state index is 13.1. The summed E-state index contributed by atoms with van der Waals surface area (Å²) in [7, 11) is 0. The fourth-order valence-electron chi connectivity index (χ4n) is 2.74. The molecule has 150 valence electrons. The number of hydrogen-bond donors (Lipinski definition) is 1. The van der Waals surface area contributed by atoms with Gasteiger partial charge in [0.1, 0.15) is 11.3 Å². The summed E-state index contributed by atoms with van der Waals surface area (Å²) < 4.78 is 5.61. The Balaban J connectivity index is 1.97. The van der Waals surface area contributed by atoms with Gasteiger partial charge in [0, 0.05) is 5.02 Å². The normalized spacial score (nSPS) is 15.9. The van der Waals surface area contributed by atoms with Crippen LogP contribution in [0.4, 0.5) is 5.69 Å². The lowest BCUT2D eigenvalue weighted by Gasteiger charge is -2.29. The zero-order chi connectivity index (χ0) is 21.3. The van der Waals surface area contributed by atoms with E-state index in [0.717, 1.165) is 5.56 Å². The monoisotopic (exact) mass is 448 g/mol. The quantitative estimate of drug-likeness (QED) is 0.409. The summed E-state index contributed by atoms with van der Waals surface area (Å²) in [6.45, 7) is 5.64. The molecule has 1 N–H and O–H groups in total. The third-order valence-electron chi connectivity index (χ3n) is 4.14. The van der Waals surface area contributed by atoms with Gasteiger partial charge in [-0.25, -0.2) is 0 Å². The third-order valence-corrected chi connectivity index (χ3v) is 5.13. The molecule has 0 bridgehead atoms. The summed E-state index contributed by atoms with van der Waals surface area (Å²) in [5, 5.41) is 3.42. The molecule has 0 aliphatic carbocycles. The molecule has 29 heavy (non-hydrogen) atoms. The van der Waals surface area contributed by atoms with Crippen molar-refractivity contribution >= 4 is 64.1 Å². The Morgan fingerprint density at radius 3 is 2.45 bits per heavy atom. The summed E-state index contributed by atoms with van der Waals surface area (Å²) in [6.07, 6.45) is 1.44. The molecule has 0 saturated carbocycles. The van der Waals surface area contributed by atoms with Gasteiger partial charge in [0.2, 0.25) is 0 Å². The molecule has 1 heterocycles. The van der Waals surface area contributed by atoms with Crippen LogP contribution in [0.15, 0.2) is 42.0 Å². The summed E-state index contributed by atoms with van der Waals surface area (Å²) >= 11 is 17.6. The summed E-state index contributed by atoms with van der Waals surface area (Å²) in [5.41, 5.74) is 1.85. The molecule has 5 nitrogen and oxygen atoms in total. The molecule has 0 spiro atoms. The van der Waals surface area contributed by atoms with Crippen LogP contribution >= 0.6 is 35.4 Å². The van der Waals surface area contributed by atoms with Crippen molar-refractivity contribution in [3.8, 4) is 5.75 Å². The average Bonchev–Trinajstić information content (AvgIpc) is 2.63. The van der Waals surface area contributed by atoms with E-state index in [2.05, 4.69) is 5.32 Å². The van der Waals surface area contributed by atoms with E-state index in [0.29, 0.717) is 27.0 Å². The van der Waals surface area contributed by atoms with E-state index in [9.17, 15) is 9.59 Å². The van der Waals surface area contributed by atoms with Gasteiger partial charge in [-0.15, -0.1) is 0 Å². The van der Waals surface area contributed by atoms with Crippen molar-refractivity contribution in [2.45, 2.75) is 26.9 Å². The number of carbonyl (C=O) groups is 2. The fraction of sp³-hybridized carbons (Fsp3) is 0.190. The molecule has 1 fully saturated rings.